The van der Waals surface area contributed by atoms with Gasteiger partial charge in [-0.1, -0.05) is 57.0 Å². The van der Waals surface area contributed by atoms with E-state index in [-0.39, 0.29) is 11.1 Å². The van der Waals surface area contributed by atoms with Crippen LogP contribution in [0.25, 0.3) is 0 Å². The number of nitrogens with one attached hydrogen (secondary N) is 1. The summed E-state index contributed by atoms with van der Waals surface area (Å²) in [5.41, 5.74) is 0.640. The first kappa shape index (κ1) is 17.4. The van der Waals surface area contributed by atoms with Gasteiger partial charge >= 0.3 is 0 Å². The fourth-order valence-electron chi connectivity index (χ4n) is 2.39. The maximum atomic E-state index is 13.3. The third kappa shape index (κ3) is 5.37. The van der Waals surface area contributed by atoms with Crippen LogP contribution in [-0.2, 0) is 0 Å². The van der Waals surface area contributed by atoms with E-state index in [1.54, 1.807) is 0 Å². The Morgan fingerprint density at radius 2 is 1.65 bits per heavy atom. The first-order valence-corrected chi connectivity index (χ1v) is 7.79. The molecule has 1 unspecified atom stereocenters. The normalized spacial score (nSPS) is 12.7. The molecule has 0 bridgehead atoms. The molecule has 0 heterocycles. The number of rotatable bonds is 9. The molecule has 4 heteroatoms. The molecule has 0 spiro atoms. The molecule has 0 amide bonds. The Labute approximate surface area is 125 Å². The van der Waals surface area contributed by atoms with Gasteiger partial charge in [-0.25, -0.2) is 8.78 Å². The fraction of sp³-hybridized carbons (Fsp3) is 0.625. The smallest absolute Gasteiger partial charge is 0.160 e. The SMILES string of the molecule is CCCCCCCCC(NC)c1cc(F)c(F)cc1Cl. The van der Waals surface area contributed by atoms with Crippen molar-refractivity contribution in [3.63, 3.8) is 0 Å². The molecule has 114 valence electrons. The molecule has 1 rings (SSSR count). The molecular formula is C16H24ClF2N. The minimum absolute atomic E-state index is 0.0243. The van der Waals surface area contributed by atoms with Gasteiger partial charge in [0.05, 0.1) is 0 Å². The first-order valence-electron chi connectivity index (χ1n) is 7.41. The summed E-state index contributed by atoms with van der Waals surface area (Å²) >= 11 is 6.01. The van der Waals surface area contributed by atoms with Gasteiger partial charge in [0.15, 0.2) is 11.6 Å². The lowest BCUT2D eigenvalue weighted by molar-refractivity contribution is 0.482. The van der Waals surface area contributed by atoms with E-state index in [0.29, 0.717) is 5.56 Å². The molecule has 0 aliphatic rings. The predicted molar refractivity (Wildman–Crippen MR) is 81.2 cm³/mol. The van der Waals surface area contributed by atoms with Gasteiger partial charge in [-0.15, -0.1) is 0 Å². The maximum Gasteiger partial charge on any atom is 0.160 e. The van der Waals surface area contributed by atoms with Crippen molar-refractivity contribution < 1.29 is 8.78 Å². The highest BCUT2D eigenvalue weighted by Gasteiger charge is 2.16. The van der Waals surface area contributed by atoms with E-state index in [9.17, 15) is 8.78 Å². The Morgan fingerprint density at radius 1 is 1.05 bits per heavy atom. The zero-order chi connectivity index (χ0) is 15.0. The van der Waals surface area contributed by atoms with E-state index in [4.69, 9.17) is 11.6 Å². The molecule has 0 saturated carbocycles. The van der Waals surface area contributed by atoms with Crippen LogP contribution in [0, 0.1) is 11.6 Å². The molecule has 1 atom stereocenters. The van der Waals surface area contributed by atoms with E-state index in [1.807, 2.05) is 7.05 Å². The van der Waals surface area contributed by atoms with Crippen LogP contribution in [0.2, 0.25) is 5.02 Å². The third-order valence-electron chi connectivity index (χ3n) is 3.61. The van der Waals surface area contributed by atoms with Crippen LogP contribution < -0.4 is 5.32 Å². The Balaban J connectivity index is 2.52. The molecule has 1 aromatic carbocycles. The highest BCUT2D eigenvalue weighted by Crippen LogP contribution is 2.29. The highest BCUT2D eigenvalue weighted by atomic mass is 35.5. The number of unbranched alkanes of at least 4 members (excludes halogenated alkanes) is 5. The third-order valence-corrected chi connectivity index (χ3v) is 3.94. The van der Waals surface area contributed by atoms with E-state index in [0.717, 1.165) is 18.9 Å². The van der Waals surface area contributed by atoms with Crippen molar-refractivity contribution in [2.45, 2.75) is 57.9 Å². The van der Waals surface area contributed by atoms with Crippen LogP contribution in [0.5, 0.6) is 0 Å². The van der Waals surface area contributed by atoms with Crippen LogP contribution in [0.3, 0.4) is 0 Å². The van der Waals surface area contributed by atoms with Gasteiger partial charge in [0.1, 0.15) is 0 Å². The summed E-state index contributed by atoms with van der Waals surface area (Å²) in [5, 5.41) is 3.42. The van der Waals surface area contributed by atoms with E-state index in [1.165, 1.54) is 38.2 Å². The van der Waals surface area contributed by atoms with Crippen LogP contribution >= 0.6 is 11.6 Å². The Morgan fingerprint density at radius 3 is 2.30 bits per heavy atom. The van der Waals surface area contributed by atoms with Crippen molar-refractivity contribution in [1.29, 1.82) is 0 Å². The Bertz CT molecular complexity index is 410. The standard InChI is InChI=1S/C16H24ClF2N/c1-3-4-5-6-7-8-9-16(20-2)12-10-14(18)15(19)11-13(12)17/h10-11,16,20H,3-9H2,1-2H3. The van der Waals surface area contributed by atoms with Gasteiger partial charge in [-0.2, -0.15) is 0 Å². The van der Waals surface area contributed by atoms with Gasteiger partial charge in [0.25, 0.3) is 0 Å². The van der Waals surface area contributed by atoms with Gasteiger partial charge in [0.2, 0.25) is 0 Å². The number of benzene rings is 1. The molecule has 1 nitrogen and oxygen atoms in total. The largest absolute Gasteiger partial charge is 0.313 e. The van der Waals surface area contributed by atoms with Crippen molar-refractivity contribution in [2.24, 2.45) is 0 Å². The van der Waals surface area contributed by atoms with Crippen molar-refractivity contribution in [3.8, 4) is 0 Å². The average molecular weight is 304 g/mol. The molecule has 20 heavy (non-hydrogen) atoms. The second kappa shape index (κ2) is 9.30. The van der Waals surface area contributed by atoms with Crippen LogP contribution in [0.15, 0.2) is 12.1 Å². The lowest BCUT2D eigenvalue weighted by atomic mass is 9.99. The fourth-order valence-corrected chi connectivity index (χ4v) is 2.67. The Hall–Kier alpha value is -0.670. The minimum atomic E-state index is -0.895. The zero-order valence-corrected chi connectivity index (χ0v) is 13.1. The summed E-state index contributed by atoms with van der Waals surface area (Å²) in [6, 6.07) is 2.23. The van der Waals surface area contributed by atoms with E-state index >= 15 is 0 Å². The highest BCUT2D eigenvalue weighted by molar-refractivity contribution is 6.31. The first-order chi connectivity index (χ1) is 9.60. The molecule has 0 aliphatic heterocycles. The van der Waals surface area contributed by atoms with Crippen molar-refractivity contribution in [1.82, 2.24) is 5.32 Å². The van der Waals surface area contributed by atoms with Gasteiger partial charge < -0.3 is 5.32 Å². The molecule has 1 N–H and O–H groups in total. The summed E-state index contributed by atoms with van der Waals surface area (Å²) in [5.74, 6) is -1.74. The second-order valence-electron chi connectivity index (χ2n) is 5.19. The van der Waals surface area contributed by atoms with Gasteiger partial charge in [0, 0.05) is 11.1 Å². The monoisotopic (exact) mass is 303 g/mol. The summed E-state index contributed by atoms with van der Waals surface area (Å²) in [4.78, 5) is 0. The second-order valence-corrected chi connectivity index (χ2v) is 5.59. The number of halogens is 3. The Kier molecular flexibility index (Phi) is 8.08. The molecule has 1 aromatic rings. The minimum Gasteiger partial charge on any atom is -0.313 e. The van der Waals surface area contributed by atoms with E-state index in [2.05, 4.69) is 12.2 Å². The topological polar surface area (TPSA) is 12.0 Å². The van der Waals surface area contributed by atoms with Crippen molar-refractivity contribution in [2.75, 3.05) is 7.05 Å². The maximum absolute atomic E-state index is 13.3. The number of hydrogen-bond donors (Lipinski definition) is 1. The number of hydrogen-bond acceptors (Lipinski definition) is 1. The van der Waals surface area contributed by atoms with Gasteiger partial charge in [-0.3, -0.25) is 0 Å². The van der Waals surface area contributed by atoms with E-state index < -0.39 is 11.6 Å². The quantitative estimate of drug-likeness (QED) is 0.460. The summed E-state index contributed by atoms with van der Waals surface area (Å²) in [6.07, 6.45) is 8.13. The van der Waals surface area contributed by atoms with Gasteiger partial charge in [-0.05, 0) is 31.2 Å². The van der Waals surface area contributed by atoms with Crippen molar-refractivity contribution >= 4 is 11.6 Å². The molecule has 0 radical (unpaired) electrons. The van der Waals surface area contributed by atoms with Crippen LogP contribution in [-0.4, -0.2) is 7.05 Å². The van der Waals surface area contributed by atoms with Crippen LogP contribution in [0.1, 0.15) is 63.5 Å². The molecule has 0 aliphatic carbocycles. The molecule has 0 fully saturated rings. The van der Waals surface area contributed by atoms with Crippen LogP contribution in [0.4, 0.5) is 8.78 Å². The molecular weight excluding hydrogens is 280 g/mol. The summed E-state index contributed by atoms with van der Waals surface area (Å²) < 4.78 is 26.4. The average Bonchev–Trinajstić information content (AvgIpc) is 2.43. The molecule has 0 aromatic heterocycles. The predicted octanol–water partition coefficient (Wildman–Crippen LogP) is 5.63. The summed E-state index contributed by atoms with van der Waals surface area (Å²) in [7, 11) is 1.82. The zero-order valence-electron chi connectivity index (χ0n) is 12.3. The molecule has 0 saturated heterocycles. The lowest BCUT2D eigenvalue weighted by Gasteiger charge is -2.18. The summed E-state index contributed by atoms with van der Waals surface area (Å²) in [6.45, 7) is 2.20. The van der Waals surface area contributed by atoms with Crippen molar-refractivity contribution in [3.05, 3.63) is 34.4 Å². The lowest BCUT2D eigenvalue weighted by Crippen LogP contribution is -2.17.